The van der Waals surface area contributed by atoms with Crippen molar-refractivity contribution in [1.29, 1.82) is 0 Å². The molecule has 3 N–H and O–H groups in total. The fraction of sp³-hybridized carbons (Fsp3) is 0.350. The SMILES string of the molecule is N[C@H](Cc1ccc(-c2cccc(Cl)c2)cc1)C[C@@H](O)C(=O)OCC(F)(F)C(F)(F)F. The van der Waals surface area contributed by atoms with Gasteiger partial charge in [0.1, 0.15) is 0 Å². The van der Waals surface area contributed by atoms with Crippen molar-refractivity contribution in [2.45, 2.75) is 37.1 Å². The molecule has 4 nitrogen and oxygen atoms in total. The van der Waals surface area contributed by atoms with Crippen LogP contribution < -0.4 is 5.73 Å². The van der Waals surface area contributed by atoms with E-state index < -0.39 is 36.8 Å². The van der Waals surface area contributed by atoms with Gasteiger partial charge in [-0.1, -0.05) is 48.0 Å². The monoisotopic (exact) mass is 451 g/mol. The number of aliphatic hydroxyl groups is 1. The molecule has 0 radical (unpaired) electrons. The Morgan fingerprint density at radius 2 is 1.70 bits per heavy atom. The van der Waals surface area contributed by atoms with E-state index in [1.165, 1.54) is 0 Å². The second-order valence-electron chi connectivity index (χ2n) is 6.73. The van der Waals surface area contributed by atoms with Crippen molar-refractivity contribution < 1.29 is 36.6 Å². The standard InChI is InChI=1S/C20H19ClF5NO3/c21-15-3-1-2-14(9-15)13-6-4-12(5-7-13)8-16(27)10-17(28)18(29)30-11-19(22,23)20(24,25)26/h1-7,9,16-17,28H,8,10-11,27H2/t16-,17-/m1/s1. The summed E-state index contributed by atoms with van der Waals surface area (Å²) in [5.74, 6) is -6.79. The van der Waals surface area contributed by atoms with Crippen LogP contribution in [0.15, 0.2) is 48.5 Å². The molecule has 2 atom stereocenters. The Morgan fingerprint density at radius 1 is 1.07 bits per heavy atom. The van der Waals surface area contributed by atoms with Crippen molar-refractivity contribution in [3.05, 3.63) is 59.1 Å². The number of esters is 1. The predicted octanol–water partition coefficient (Wildman–Crippen LogP) is 4.37. The Bertz CT molecular complexity index is 858. The van der Waals surface area contributed by atoms with Gasteiger partial charge < -0.3 is 15.6 Å². The molecular weight excluding hydrogens is 433 g/mol. The molecule has 0 bridgehead atoms. The lowest BCUT2D eigenvalue weighted by Gasteiger charge is -2.21. The number of carbonyl (C=O) groups is 1. The van der Waals surface area contributed by atoms with Crippen LogP contribution in [0, 0.1) is 0 Å². The number of halogens is 6. The van der Waals surface area contributed by atoms with Gasteiger partial charge >= 0.3 is 18.1 Å². The smallest absolute Gasteiger partial charge is 0.456 e. The average molecular weight is 452 g/mol. The molecule has 30 heavy (non-hydrogen) atoms. The highest BCUT2D eigenvalue weighted by Crippen LogP contribution is 2.35. The lowest BCUT2D eigenvalue weighted by molar-refractivity contribution is -0.294. The molecule has 0 aliphatic heterocycles. The van der Waals surface area contributed by atoms with Crippen molar-refractivity contribution in [3.8, 4) is 11.1 Å². The Kier molecular flexibility index (Phi) is 7.79. The van der Waals surface area contributed by atoms with E-state index in [0.29, 0.717) is 5.02 Å². The maximum absolute atomic E-state index is 12.8. The van der Waals surface area contributed by atoms with Crippen LogP contribution in [0.4, 0.5) is 22.0 Å². The topological polar surface area (TPSA) is 72.5 Å². The Balaban J connectivity index is 1.87. The minimum Gasteiger partial charge on any atom is -0.457 e. The number of aliphatic hydroxyl groups excluding tert-OH is 1. The van der Waals surface area contributed by atoms with Crippen molar-refractivity contribution in [2.75, 3.05) is 6.61 Å². The van der Waals surface area contributed by atoms with Gasteiger partial charge in [0.2, 0.25) is 0 Å². The number of carbonyl (C=O) groups excluding carboxylic acids is 1. The zero-order chi connectivity index (χ0) is 22.5. The molecule has 10 heteroatoms. The van der Waals surface area contributed by atoms with Gasteiger partial charge in [-0.2, -0.15) is 22.0 Å². The highest BCUT2D eigenvalue weighted by molar-refractivity contribution is 6.30. The van der Waals surface area contributed by atoms with Gasteiger partial charge in [-0.25, -0.2) is 4.79 Å². The first kappa shape index (κ1) is 24.0. The molecule has 0 heterocycles. The predicted molar refractivity (Wildman–Crippen MR) is 101 cm³/mol. The minimum absolute atomic E-state index is 0.235. The summed E-state index contributed by atoms with van der Waals surface area (Å²) in [7, 11) is 0. The summed E-state index contributed by atoms with van der Waals surface area (Å²) >= 11 is 5.96. The first-order chi connectivity index (χ1) is 13.9. The van der Waals surface area contributed by atoms with Crippen molar-refractivity contribution in [2.24, 2.45) is 5.73 Å². The molecule has 0 aromatic heterocycles. The Labute approximate surface area is 174 Å². The van der Waals surface area contributed by atoms with Gasteiger partial charge in [0, 0.05) is 11.1 Å². The van der Waals surface area contributed by atoms with E-state index in [-0.39, 0.29) is 12.8 Å². The molecule has 2 rings (SSSR count). The maximum Gasteiger partial charge on any atom is 0.456 e. The number of benzene rings is 2. The Hall–Kier alpha value is -2.23. The molecule has 0 aliphatic carbocycles. The van der Waals surface area contributed by atoms with Crippen LogP contribution >= 0.6 is 11.6 Å². The highest BCUT2D eigenvalue weighted by Gasteiger charge is 2.58. The van der Waals surface area contributed by atoms with Gasteiger partial charge in [0.05, 0.1) is 0 Å². The van der Waals surface area contributed by atoms with E-state index >= 15 is 0 Å². The van der Waals surface area contributed by atoms with Crippen LogP contribution in [-0.4, -0.2) is 41.9 Å². The van der Waals surface area contributed by atoms with Crippen LogP contribution in [0.2, 0.25) is 5.02 Å². The highest BCUT2D eigenvalue weighted by atomic mass is 35.5. The third-order valence-electron chi connectivity index (χ3n) is 4.22. The summed E-state index contributed by atoms with van der Waals surface area (Å²) in [6.07, 6.45) is -7.91. The van der Waals surface area contributed by atoms with Crippen LogP contribution in [0.3, 0.4) is 0 Å². The van der Waals surface area contributed by atoms with Crippen LogP contribution in [0.25, 0.3) is 11.1 Å². The molecule has 2 aromatic carbocycles. The van der Waals surface area contributed by atoms with Crippen LogP contribution in [-0.2, 0) is 16.0 Å². The molecule has 2 aromatic rings. The fourth-order valence-corrected chi connectivity index (χ4v) is 2.80. The summed E-state index contributed by atoms with van der Waals surface area (Å²) in [4.78, 5) is 11.5. The third-order valence-corrected chi connectivity index (χ3v) is 4.45. The minimum atomic E-state index is -5.86. The zero-order valence-corrected chi connectivity index (χ0v) is 16.3. The number of alkyl halides is 5. The normalized spacial score (nSPS) is 14.3. The average Bonchev–Trinajstić information content (AvgIpc) is 2.65. The van der Waals surface area contributed by atoms with E-state index in [4.69, 9.17) is 17.3 Å². The van der Waals surface area contributed by atoms with Gasteiger partial charge in [-0.15, -0.1) is 0 Å². The second kappa shape index (κ2) is 9.72. The number of hydrogen-bond acceptors (Lipinski definition) is 4. The molecule has 0 aliphatic rings. The largest absolute Gasteiger partial charge is 0.457 e. The van der Waals surface area contributed by atoms with Crippen molar-refractivity contribution in [3.63, 3.8) is 0 Å². The van der Waals surface area contributed by atoms with Gasteiger partial charge in [0.25, 0.3) is 0 Å². The van der Waals surface area contributed by atoms with Crippen LogP contribution in [0.5, 0.6) is 0 Å². The molecule has 164 valence electrons. The lowest BCUT2D eigenvalue weighted by atomic mass is 9.98. The molecule has 0 fully saturated rings. The molecular formula is C20H19ClF5NO3. The third kappa shape index (κ3) is 6.65. The van der Waals surface area contributed by atoms with Gasteiger partial charge in [0.15, 0.2) is 12.7 Å². The quantitative estimate of drug-likeness (QED) is 0.462. The number of rotatable bonds is 8. The Morgan fingerprint density at radius 3 is 2.27 bits per heavy atom. The maximum atomic E-state index is 12.8. The summed E-state index contributed by atoms with van der Waals surface area (Å²) in [6.45, 7) is -2.20. The van der Waals surface area contributed by atoms with Gasteiger partial charge in [-0.3, -0.25) is 0 Å². The first-order valence-corrected chi connectivity index (χ1v) is 9.16. The fourth-order valence-electron chi connectivity index (χ4n) is 2.61. The summed E-state index contributed by atoms with van der Waals surface area (Å²) in [5.41, 5.74) is 8.44. The van der Waals surface area contributed by atoms with Crippen molar-refractivity contribution in [1.82, 2.24) is 0 Å². The molecule has 0 spiro atoms. The van der Waals surface area contributed by atoms with E-state index in [9.17, 15) is 31.9 Å². The lowest BCUT2D eigenvalue weighted by Crippen LogP contribution is -2.43. The summed E-state index contributed by atoms with van der Waals surface area (Å²) < 4.78 is 65.6. The number of hydrogen-bond donors (Lipinski definition) is 2. The summed E-state index contributed by atoms with van der Waals surface area (Å²) in [5, 5.41) is 10.3. The molecule has 0 unspecified atom stereocenters. The summed E-state index contributed by atoms with van der Waals surface area (Å²) in [6, 6.07) is 13.7. The van der Waals surface area contributed by atoms with Crippen LogP contribution in [0.1, 0.15) is 12.0 Å². The van der Waals surface area contributed by atoms with Gasteiger partial charge in [-0.05, 0) is 41.7 Å². The van der Waals surface area contributed by atoms with E-state index in [0.717, 1.165) is 16.7 Å². The van der Waals surface area contributed by atoms with Crippen molar-refractivity contribution >= 4 is 17.6 Å². The number of ether oxygens (including phenoxy) is 1. The number of nitrogens with two attached hydrogens (primary N) is 1. The molecule has 0 saturated heterocycles. The second-order valence-corrected chi connectivity index (χ2v) is 7.17. The first-order valence-electron chi connectivity index (χ1n) is 8.79. The zero-order valence-electron chi connectivity index (χ0n) is 15.5. The molecule has 0 amide bonds. The van der Waals surface area contributed by atoms with E-state index in [1.807, 2.05) is 24.3 Å². The molecule has 0 saturated carbocycles. The van der Waals surface area contributed by atoms with E-state index in [2.05, 4.69) is 4.74 Å². The van der Waals surface area contributed by atoms with E-state index in [1.54, 1.807) is 24.3 Å².